The lowest BCUT2D eigenvalue weighted by atomic mass is 9.96. The maximum absolute atomic E-state index is 12.3. The second-order valence-corrected chi connectivity index (χ2v) is 9.69. The summed E-state index contributed by atoms with van der Waals surface area (Å²) in [7, 11) is 0. The first-order valence-corrected chi connectivity index (χ1v) is 12.5. The fourth-order valence-corrected chi connectivity index (χ4v) is 4.35. The molecular formula is C23H28ClN7O10. The van der Waals surface area contributed by atoms with Crippen molar-refractivity contribution in [3.8, 4) is 0 Å². The third-order valence-electron chi connectivity index (χ3n) is 5.66. The Morgan fingerprint density at radius 1 is 0.927 bits per heavy atom. The third kappa shape index (κ3) is 7.22. The average Bonchev–Trinajstić information content (AvgIpc) is 3.39. The SMILES string of the molecule is CC(=O)OC[C@@H](OC(C)=O)[C@@H](OC(C)=O)[C@H](OC(C)=O)[C@H](/C=[N+]1/[N-]c2c(Cl)nn3nnnc3c2C1(C)C)OC(C)=O. The zero-order valence-electron chi connectivity index (χ0n) is 23.2. The Kier molecular flexibility index (Phi) is 9.42. The van der Waals surface area contributed by atoms with Crippen LogP contribution < -0.4 is 0 Å². The van der Waals surface area contributed by atoms with Gasteiger partial charge in [-0.15, -0.1) is 14.8 Å². The van der Waals surface area contributed by atoms with E-state index in [0.29, 0.717) is 5.56 Å². The Hall–Kier alpha value is -4.41. The second-order valence-electron chi connectivity index (χ2n) is 9.33. The van der Waals surface area contributed by atoms with E-state index in [-0.39, 0.29) is 16.5 Å². The first kappa shape index (κ1) is 31.1. The van der Waals surface area contributed by atoms with Gasteiger partial charge >= 0.3 is 29.8 Å². The molecule has 222 valence electrons. The molecule has 3 heterocycles. The zero-order valence-corrected chi connectivity index (χ0v) is 23.9. The maximum atomic E-state index is 12.3. The fraction of sp³-hybridized carbons (Fsp3) is 0.565. The molecule has 0 unspecified atom stereocenters. The molecule has 0 aromatic carbocycles. The van der Waals surface area contributed by atoms with Crippen LogP contribution in [0.15, 0.2) is 0 Å². The van der Waals surface area contributed by atoms with E-state index in [0.717, 1.165) is 39.2 Å². The Balaban J connectivity index is 2.17. The van der Waals surface area contributed by atoms with Gasteiger partial charge in [0, 0.05) is 48.5 Å². The van der Waals surface area contributed by atoms with Crippen LogP contribution in [0.3, 0.4) is 0 Å². The number of carbonyl (C=O) groups is 5. The molecule has 0 spiro atoms. The van der Waals surface area contributed by atoms with Gasteiger partial charge in [0.05, 0.1) is 5.56 Å². The zero-order chi connectivity index (χ0) is 30.6. The molecule has 3 rings (SSSR count). The number of nitrogens with zero attached hydrogens (tertiary/aromatic N) is 7. The Bertz CT molecular complexity index is 1410. The van der Waals surface area contributed by atoms with Crippen molar-refractivity contribution in [2.45, 2.75) is 78.4 Å². The number of rotatable bonds is 10. The number of hydrogen-bond donors (Lipinski definition) is 0. The van der Waals surface area contributed by atoms with E-state index >= 15 is 0 Å². The molecule has 0 saturated carbocycles. The van der Waals surface area contributed by atoms with Crippen LogP contribution in [0.2, 0.25) is 5.15 Å². The molecule has 0 saturated heterocycles. The minimum atomic E-state index is -1.63. The standard InChI is InChI=1S/C23H28ClN7O10/c1-10(32)37-9-16(39-12(3)34)20(41-14(5)36)19(40-13(4)35)15(38-11(2)33)8-30-23(6,7)17-18(26-30)21(24)27-31-22(17)25-28-29-31/h8,15-16,19-20H,9H2,1-7H3/b30-8+/t15-,16+,19+,20+/m0/s1. The smallest absolute Gasteiger partial charge is 0.303 e. The van der Waals surface area contributed by atoms with E-state index in [2.05, 4.69) is 26.0 Å². The van der Waals surface area contributed by atoms with E-state index in [1.165, 1.54) is 10.9 Å². The van der Waals surface area contributed by atoms with Crippen LogP contribution in [0.5, 0.6) is 0 Å². The summed E-state index contributed by atoms with van der Waals surface area (Å²) in [4.78, 5) is 60.1. The topological polar surface area (TPSA) is 205 Å². The van der Waals surface area contributed by atoms with Gasteiger partial charge in [0.25, 0.3) is 0 Å². The number of esters is 5. The van der Waals surface area contributed by atoms with Crippen molar-refractivity contribution in [2.24, 2.45) is 0 Å². The van der Waals surface area contributed by atoms with Gasteiger partial charge in [0.15, 0.2) is 30.1 Å². The summed E-state index contributed by atoms with van der Waals surface area (Å²) in [6, 6.07) is 0. The van der Waals surface area contributed by atoms with Crippen LogP contribution in [0.4, 0.5) is 5.69 Å². The van der Waals surface area contributed by atoms with Crippen molar-refractivity contribution in [1.82, 2.24) is 25.3 Å². The highest BCUT2D eigenvalue weighted by molar-refractivity contribution is 6.32. The first-order valence-electron chi connectivity index (χ1n) is 12.1. The predicted octanol–water partition coefficient (Wildman–Crippen LogP) is 0.715. The molecule has 1 aliphatic heterocycles. The van der Waals surface area contributed by atoms with Gasteiger partial charge in [0.1, 0.15) is 11.8 Å². The molecule has 0 fully saturated rings. The van der Waals surface area contributed by atoms with Crippen LogP contribution in [0, 0.1) is 0 Å². The predicted molar refractivity (Wildman–Crippen MR) is 135 cm³/mol. The Morgan fingerprint density at radius 3 is 2.07 bits per heavy atom. The number of tetrazole rings is 1. The molecule has 41 heavy (non-hydrogen) atoms. The molecule has 18 heteroatoms. The second kappa shape index (κ2) is 12.4. The van der Waals surface area contributed by atoms with Gasteiger partial charge in [-0.1, -0.05) is 11.6 Å². The van der Waals surface area contributed by atoms with Gasteiger partial charge < -0.3 is 29.1 Å². The van der Waals surface area contributed by atoms with Gasteiger partial charge in [-0.2, -0.15) is 0 Å². The number of carbonyl (C=O) groups excluding carboxylic acids is 5. The molecule has 0 aliphatic carbocycles. The number of aromatic nitrogens is 5. The molecule has 17 nitrogen and oxygen atoms in total. The van der Waals surface area contributed by atoms with Gasteiger partial charge in [-0.05, 0) is 16.1 Å². The van der Waals surface area contributed by atoms with Crippen LogP contribution in [-0.4, -0.2) is 97.0 Å². The van der Waals surface area contributed by atoms with Crippen LogP contribution >= 0.6 is 11.6 Å². The number of ether oxygens (including phenoxy) is 5. The molecule has 0 radical (unpaired) electrons. The maximum Gasteiger partial charge on any atom is 0.303 e. The normalized spacial score (nSPS) is 17.4. The summed E-state index contributed by atoms with van der Waals surface area (Å²) in [6.45, 7) is 8.30. The van der Waals surface area contributed by atoms with E-state index in [9.17, 15) is 24.0 Å². The van der Waals surface area contributed by atoms with E-state index in [1.54, 1.807) is 13.8 Å². The van der Waals surface area contributed by atoms with Crippen molar-refractivity contribution < 1.29 is 52.3 Å². The molecule has 2 aromatic heterocycles. The molecule has 0 N–H and O–H groups in total. The number of halogens is 1. The lowest BCUT2D eigenvalue weighted by molar-refractivity contribution is -0.551. The van der Waals surface area contributed by atoms with Crippen LogP contribution in [0.25, 0.3) is 11.1 Å². The molecule has 1 aliphatic rings. The summed E-state index contributed by atoms with van der Waals surface area (Å²) in [5.74, 6) is -4.10. The molecule has 0 bridgehead atoms. The lowest BCUT2D eigenvalue weighted by Gasteiger charge is -2.34. The molecule has 0 amide bonds. The monoisotopic (exact) mass is 597 g/mol. The van der Waals surface area contributed by atoms with E-state index in [4.69, 9.17) is 35.3 Å². The molecular weight excluding hydrogens is 570 g/mol. The van der Waals surface area contributed by atoms with Crippen molar-refractivity contribution in [3.05, 3.63) is 16.1 Å². The van der Waals surface area contributed by atoms with Crippen molar-refractivity contribution >= 4 is 59.0 Å². The largest absolute Gasteiger partial charge is 0.462 e. The van der Waals surface area contributed by atoms with Crippen LogP contribution in [-0.2, 0) is 53.2 Å². The van der Waals surface area contributed by atoms with Gasteiger partial charge in [-0.25, -0.2) is 0 Å². The summed E-state index contributed by atoms with van der Waals surface area (Å²) in [5, 5.41) is 15.4. The third-order valence-corrected chi connectivity index (χ3v) is 5.92. The number of hydrogen-bond acceptors (Lipinski definition) is 14. The lowest BCUT2D eigenvalue weighted by Crippen LogP contribution is -2.54. The van der Waals surface area contributed by atoms with Crippen LogP contribution in [0.1, 0.15) is 54.0 Å². The van der Waals surface area contributed by atoms with E-state index < -0.39 is 66.4 Å². The summed E-state index contributed by atoms with van der Waals surface area (Å²) in [6.07, 6.45) is -4.94. The summed E-state index contributed by atoms with van der Waals surface area (Å²) in [5.41, 5.74) is 4.42. The van der Waals surface area contributed by atoms with Gasteiger partial charge in [-0.3, -0.25) is 28.7 Å². The fourth-order valence-electron chi connectivity index (χ4n) is 4.14. The van der Waals surface area contributed by atoms with Gasteiger partial charge in [0.2, 0.25) is 11.8 Å². The highest BCUT2D eigenvalue weighted by atomic mass is 35.5. The molecule has 4 atom stereocenters. The van der Waals surface area contributed by atoms with Crippen molar-refractivity contribution in [1.29, 1.82) is 0 Å². The molecule has 2 aromatic rings. The minimum Gasteiger partial charge on any atom is -0.462 e. The average molecular weight is 598 g/mol. The summed E-state index contributed by atoms with van der Waals surface area (Å²) < 4.78 is 29.2. The van der Waals surface area contributed by atoms with E-state index in [1.807, 2.05) is 0 Å². The Morgan fingerprint density at radius 2 is 1.51 bits per heavy atom. The highest BCUT2D eigenvalue weighted by Gasteiger charge is 2.47. The minimum absolute atomic E-state index is 0.0292. The highest BCUT2D eigenvalue weighted by Crippen LogP contribution is 2.48. The first-order chi connectivity index (χ1) is 19.1. The quantitative estimate of drug-likeness (QED) is 0.210. The Labute approximate surface area is 238 Å². The summed E-state index contributed by atoms with van der Waals surface area (Å²) >= 11 is 6.34. The van der Waals surface area contributed by atoms with Crippen molar-refractivity contribution in [2.75, 3.05) is 6.61 Å². The number of fused-ring (bicyclic) bond motifs is 3. The van der Waals surface area contributed by atoms with Crippen molar-refractivity contribution in [3.63, 3.8) is 0 Å².